The Kier molecular flexibility index (Phi) is 6.52. The van der Waals surface area contributed by atoms with E-state index >= 15 is 0 Å². The molecule has 4 rings (SSSR count). The zero-order valence-corrected chi connectivity index (χ0v) is 18.8. The first-order chi connectivity index (χ1) is 14.9. The van der Waals surface area contributed by atoms with Crippen LogP contribution >= 0.6 is 11.3 Å². The molecule has 0 radical (unpaired) electrons. The summed E-state index contributed by atoms with van der Waals surface area (Å²) in [7, 11) is 0. The molecule has 2 aliphatic heterocycles. The van der Waals surface area contributed by atoms with E-state index in [0.29, 0.717) is 23.3 Å². The summed E-state index contributed by atoms with van der Waals surface area (Å²) in [6.07, 6.45) is 4.61. The van der Waals surface area contributed by atoms with Crippen molar-refractivity contribution in [3.8, 4) is 0 Å². The third-order valence-corrected chi connectivity index (χ3v) is 6.72. The summed E-state index contributed by atoms with van der Waals surface area (Å²) in [5, 5.41) is 7.76. The Labute approximate surface area is 186 Å². The zero-order chi connectivity index (χ0) is 21.8. The second kappa shape index (κ2) is 9.32. The Morgan fingerprint density at radius 2 is 2.03 bits per heavy atom. The zero-order valence-electron chi connectivity index (χ0n) is 18.0. The fourth-order valence-electron chi connectivity index (χ4n) is 3.97. The molecule has 8 nitrogen and oxygen atoms in total. The monoisotopic (exact) mass is 443 g/mol. The molecule has 0 spiro atoms. The number of carbonyl (C=O) groups is 2. The first-order valence-corrected chi connectivity index (χ1v) is 11.6. The van der Waals surface area contributed by atoms with Crippen molar-refractivity contribution in [3.05, 3.63) is 40.3 Å². The van der Waals surface area contributed by atoms with Crippen molar-refractivity contribution in [2.45, 2.75) is 50.6 Å². The van der Waals surface area contributed by atoms with Crippen LogP contribution in [0.5, 0.6) is 0 Å². The number of carbonyl (C=O) groups excluding carboxylic acids is 2. The fraction of sp³-hybridized carbons (Fsp3) is 0.545. The van der Waals surface area contributed by atoms with Crippen molar-refractivity contribution < 1.29 is 14.3 Å². The molecule has 2 aromatic heterocycles. The van der Waals surface area contributed by atoms with Crippen LogP contribution in [-0.4, -0.2) is 59.7 Å². The number of hydrogen-bond acceptors (Lipinski definition) is 7. The van der Waals surface area contributed by atoms with E-state index < -0.39 is 5.54 Å². The van der Waals surface area contributed by atoms with Gasteiger partial charge in [-0.15, -0.1) is 11.3 Å². The van der Waals surface area contributed by atoms with Crippen LogP contribution in [0.4, 0.5) is 5.95 Å². The van der Waals surface area contributed by atoms with Crippen LogP contribution in [-0.2, 0) is 9.53 Å². The average molecular weight is 444 g/mol. The molecule has 1 atom stereocenters. The van der Waals surface area contributed by atoms with E-state index in [2.05, 4.69) is 20.5 Å². The van der Waals surface area contributed by atoms with Crippen LogP contribution < -0.4 is 15.5 Å². The van der Waals surface area contributed by atoms with E-state index in [9.17, 15) is 9.59 Å². The Balaban J connectivity index is 1.33. The quantitative estimate of drug-likeness (QED) is 0.711. The molecular formula is C22H29N5O3S. The van der Waals surface area contributed by atoms with Gasteiger partial charge in [-0.05, 0) is 50.6 Å². The minimum atomic E-state index is -1.01. The van der Waals surface area contributed by atoms with E-state index in [4.69, 9.17) is 9.72 Å². The molecule has 0 bridgehead atoms. The topological polar surface area (TPSA) is 96.5 Å². The lowest BCUT2D eigenvalue weighted by molar-refractivity contribution is -0.126. The van der Waals surface area contributed by atoms with Gasteiger partial charge in [0.15, 0.2) is 0 Å². The lowest BCUT2D eigenvalue weighted by Gasteiger charge is -2.27. The minimum absolute atomic E-state index is 0.0132. The molecule has 2 fully saturated rings. The Bertz CT molecular complexity index is 912. The van der Waals surface area contributed by atoms with E-state index in [1.165, 1.54) is 11.3 Å². The first kappa shape index (κ1) is 21.7. The molecule has 2 aromatic rings. The van der Waals surface area contributed by atoms with Gasteiger partial charge in [-0.3, -0.25) is 9.59 Å². The highest BCUT2D eigenvalue weighted by Crippen LogP contribution is 2.27. The number of rotatable bonds is 6. The predicted molar refractivity (Wildman–Crippen MR) is 119 cm³/mol. The molecule has 0 aromatic carbocycles. The third-order valence-electron chi connectivity index (χ3n) is 5.85. The normalized spacial score (nSPS) is 19.9. The van der Waals surface area contributed by atoms with Crippen LogP contribution in [0.15, 0.2) is 29.8 Å². The summed E-state index contributed by atoms with van der Waals surface area (Å²) in [5.41, 5.74) is 0.0618. The first-order valence-electron chi connectivity index (χ1n) is 10.7. The van der Waals surface area contributed by atoms with Gasteiger partial charge in [0.1, 0.15) is 5.54 Å². The lowest BCUT2D eigenvalue weighted by Crippen LogP contribution is -2.56. The van der Waals surface area contributed by atoms with Gasteiger partial charge in [0, 0.05) is 50.2 Å². The summed E-state index contributed by atoms with van der Waals surface area (Å²) >= 11 is 1.35. The largest absolute Gasteiger partial charge is 0.381 e. The number of ether oxygens (including phenoxy) is 1. The summed E-state index contributed by atoms with van der Waals surface area (Å²) in [4.78, 5) is 37.2. The minimum Gasteiger partial charge on any atom is -0.381 e. The van der Waals surface area contributed by atoms with Crippen LogP contribution in [0.25, 0.3) is 0 Å². The van der Waals surface area contributed by atoms with Crippen LogP contribution in [0.2, 0.25) is 0 Å². The fourth-order valence-corrected chi connectivity index (χ4v) is 4.59. The SMILES string of the molecule is CC(C)(NC(=O)c1cccs1)C(=O)NC1CCN(c2nccc(C3CCOCC3)n2)C1. The maximum Gasteiger partial charge on any atom is 0.262 e. The Hall–Kier alpha value is -2.52. The average Bonchev–Trinajstić information content (AvgIpc) is 3.47. The number of aromatic nitrogens is 2. The summed E-state index contributed by atoms with van der Waals surface area (Å²) < 4.78 is 5.45. The molecule has 2 amide bonds. The molecule has 31 heavy (non-hydrogen) atoms. The Morgan fingerprint density at radius 3 is 2.77 bits per heavy atom. The molecule has 2 saturated heterocycles. The highest BCUT2D eigenvalue weighted by Gasteiger charge is 2.34. The van der Waals surface area contributed by atoms with Gasteiger partial charge < -0.3 is 20.3 Å². The molecule has 2 aliphatic rings. The maximum absolute atomic E-state index is 12.8. The summed E-state index contributed by atoms with van der Waals surface area (Å²) in [6, 6.07) is 5.55. The van der Waals surface area contributed by atoms with Crippen molar-refractivity contribution in [2.24, 2.45) is 0 Å². The predicted octanol–water partition coefficient (Wildman–Crippen LogP) is 2.34. The number of amides is 2. The number of hydrogen-bond donors (Lipinski definition) is 2. The maximum atomic E-state index is 12.8. The van der Waals surface area contributed by atoms with Crippen molar-refractivity contribution >= 4 is 29.1 Å². The summed E-state index contributed by atoms with van der Waals surface area (Å²) in [6.45, 7) is 6.44. The van der Waals surface area contributed by atoms with Gasteiger partial charge >= 0.3 is 0 Å². The molecule has 1 unspecified atom stereocenters. The van der Waals surface area contributed by atoms with Crippen molar-refractivity contribution in [2.75, 3.05) is 31.2 Å². The molecule has 166 valence electrons. The van der Waals surface area contributed by atoms with Gasteiger partial charge in [0.25, 0.3) is 5.91 Å². The molecule has 0 saturated carbocycles. The van der Waals surface area contributed by atoms with E-state index in [1.807, 2.05) is 23.7 Å². The van der Waals surface area contributed by atoms with E-state index in [0.717, 1.165) is 44.7 Å². The van der Waals surface area contributed by atoms with Crippen LogP contribution in [0.3, 0.4) is 0 Å². The number of nitrogens with one attached hydrogen (secondary N) is 2. The Morgan fingerprint density at radius 1 is 1.23 bits per heavy atom. The van der Waals surface area contributed by atoms with Gasteiger partial charge in [-0.2, -0.15) is 0 Å². The second-order valence-electron chi connectivity index (χ2n) is 8.63. The van der Waals surface area contributed by atoms with Crippen molar-refractivity contribution in [3.63, 3.8) is 0 Å². The van der Waals surface area contributed by atoms with Gasteiger partial charge in [0.05, 0.1) is 4.88 Å². The van der Waals surface area contributed by atoms with Crippen molar-refractivity contribution in [1.29, 1.82) is 0 Å². The van der Waals surface area contributed by atoms with Gasteiger partial charge in [0.2, 0.25) is 11.9 Å². The van der Waals surface area contributed by atoms with Crippen LogP contribution in [0, 0.1) is 0 Å². The lowest BCUT2D eigenvalue weighted by atomic mass is 9.96. The van der Waals surface area contributed by atoms with E-state index in [-0.39, 0.29) is 17.9 Å². The number of nitrogens with zero attached hydrogens (tertiary/aromatic N) is 3. The smallest absolute Gasteiger partial charge is 0.262 e. The number of thiophene rings is 1. The summed E-state index contributed by atoms with van der Waals surface area (Å²) in [5.74, 6) is 0.704. The standard InChI is InChI=1S/C22H29N5O3S/c1-22(2,26-19(28)18-4-3-13-31-18)20(29)24-16-6-10-27(14-16)21-23-9-5-17(25-21)15-7-11-30-12-8-15/h3-5,9,13,15-16H,6-8,10-12,14H2,1-2H3,(H,24,29)(H,26,28). The van der Waals surface area contributed by atoms with Crippen molar-refractivity contribution in [1.82, 2.24) is 20.6 Å². The van der Waals surface area contributed by atoms with E-state index in [1.54, 1.807) is 19.9 Å². The molecule has 9 heteroatoms. The highest BCUT2D eigenvalue weighted by molar-refractivity contribution is 7.12. The van der Waals surface area contributed by atoms with Gasteiger partial charge in [-0.25, -0.2) is 9.97 Å². The third kappa shape index (κ3) is 5.22. The van der Waals surface area contributed by atoms with Gasteiger partial charge in [-0.1, -0.05) is 6.07 Å². The molecule has 4 heterocycles. The van der Waals surface area contributed by atoms with Crippen LogP contribution in [0.1, 0.15) is 54.4 Å². The second-order valence-corrected chi connectivity index (χ2v) is 9.58. The molecule has 0 aliphatic carbocycles. The molecular weight excluding hydrogens is 414 g/mol. The number of anilines is 1. The highest BCUT2D eigenvalue weighted by atomic mass is 32.1. The molecule has 2 N–H and O–H groups in total.